The first-order chi connectivity index (χ1) is 42.6. The van der Waals surface area contributed by atoms with E-state index >= 15 is 0 Å². The van der Waals surface area contributed by atoms with Gasteiger partial charge in [-0.2, -0.15) is 10.2 Å². The summed E-state index contributed by atoms with van der Waals surface area (Å²) >= 11 is 0. The van der Waals surface area contributed by atoms with Gasteiger partial charge in [-0.25, -0.2) is 24.3 Å². The fourth-order valence-electron chi connectivity index (χ4n) is 7.95. The zero-order chi connectivity index (χ0) is 58.6. The molecule has 17 heteroatoms. The topological polar surface area (TPSA) is 196 Å². The molecule has 0 unspecified atom stereocenters. The molecule has 0 aliphatic heterocycles. The van der Waals surface area contributed by atoms with E-state index in [-0.39, 0.29) is 0 Å². The predicted molar refractivity (Wildman–Crippen MR) is 332 cm³/mol. The van der Waals surface area contributed by atoms with Crippen molar-refractivity contribution in [3.05, 3.63) is 322 Å². The second-order valence-corrected chi connectivity index (χ2v) is 18.2. The van der Waals surface area contributed by atoms with Crippen molar-refractivity contribution < 1.29 is 8.83 Å². The van der Waals surface area contributed by atoms with Crippen LogP contribution in [0.25, 0.3) is 86.0 Å². The number of hydrogen-bond acceptors (Lipinski definition) is 14. The standard InChI is InChI=1S/C15H12N2O.C14H11N3.C14H10N2O.C10H8N2.2C8H7N3/c1-11-7-9-13(10-8-11)15-17-16-14(18-15)12-5-3-2-4-6-12;1-2-6-12(7-3-1)17-11-10-16-14(17)13-8-4-5-9-15-13;1-3-7-11(8-4-1)13-15-16-14(17-13)12-9-5-2-6-10-12;1-3-7-11-9(5-1)10-6-2-4-8-12-10;2*1-2-5-9-8(4-1)11-7-3-6-10-11/h2-10H,1H3;1-11H;1-10H;1-8H;2*1-7H. The van der Waals surface area contributed by atoms with Crippen molar-refractivity contribution in [3.8, 4) is 86.0 Å². The fraction of sp³-hybridized carbons (Fsp3) is 0.0145. The number of nitrogens with zero attached hydrogens (tertiary/aromatic N) is 15. The molecule has 5 aromatic carbocycles. The van der Waals surface area contributed by atoms with Crippen molar-refractivity contribution in [1.82, 2.24) is 74.4 Å². The van der Waals surface area contributed by atoms with Gasteiger partial charge in [0, 0.05) is 96.1 Å². The van der Waals surface area contributed by atoms with Crippen molar-refractivity contribution in [3.63, 3.8) is 0 Å². The molecular weight excluding hydrogens is 1070 g/mol. The third kappa shape index (κ3) is 16.5. The molecule has 0 fully saturated rings. The normalized spacial score (nSPS) is 10.2. The lowest BCUT2D eigenvalue weighted by atomic mass is 10.1. The lowest BCUT2D eigenvalue weighted by Crippen LogP contribution is -1.96. The second-order valence-electron chi connectivity index (χ2n) is 18.2. The third-order valence-electron chi connectivity index (χ3n) is 12.1. The van der Waals surface area contributed by atoms with Crippen LogP contribution in [-0.4, -0.2) is 74.4 Å². The van der Waals surface area contributed by atoms with Gasteiger partial charge in [-0.3, -0.25) is 19.5 Å². The van der Waals surface area contributed by atoms with Gasteiger partial charge in [0.2, 0.25) is 23.6 Å². The van der Waals surface area contributed by atoms with Gasteiger partial charge in [0.05, 0.1) is 11.4 Å². The number of aryl methyl sites for hydroxylation is 1. The molecule has 0 saturated heterocycles. The van der Waals surface area contributed by atoms with Crippen LogP contribution in [0.2, 0.25) is 0 Å². The molecule has 0 radical (unpaired) electrons. The zero-order valence-electron chi connectivity index (χ0n) is 46.5. The van der Waals surface area contributed by atoms with E-state index in [0.29, 0.717) is 23.6 Å². The molecule has 0 atom stereocenters. The molecule has 10 heterocycles. The highest BCUT2D eigenvalue weighted by molar-refractivity contribution is 5.59. The smallest absolute Gasteiger partial charge is 0.248 e. The maximum absolute atomic E-state index is 5.67. The molecule has 0 N–H and O–H groups in total. The van der Waals surface area contributed by atoms with Crippen LogP contribution in [0.15, 0.2) is 326 Å². The minimum atomic E-state index is 0.546. The second kappa shape index (κ2) is 30.5. The molecular formula is C69H55N15O2. The van der Waals surface area contributed by atoms with Crippen LogP contribution in [0.5, 0.6) is 0 Å². The summed E-state index contributed by atoms with van der Waals surface area (Å²) in [6.07, 6.45) is 19.7. The quantitative estimate of drug-likeness (QED) is 0.132. The first kappa shape index (κ1) is 57.0. The van der Waals surface area contributed by atoms with Gasteiger partial charge in [-0.1, -0.05) is 121 Å². The first-order valence-electron chi connectivity index (χ1n) is 27.2. The van der Waals surface area contributed by atoms with E-state index in [0.717, 1.165) is 62.5 Å². The molecule has 10 aromatic heterocycles. The van der Waals surface area contributed by atoms with Crippen LogP contribution in [0.3, 0.4) is 0 Å². The van der Waals surface area contributed by atoms with Crippen molar-refractivity contribution in [1.29, 1.82) is 0 Å². The van der Waals surface area contributed by atoms with Crippen LogP contribution < -0.4 is 0 Å². The monoisotopic (exact) mass is 1130 g/mol. The fourth-order valence-corrected chi connectivity index (χ4v) is 7.95. The SMILES string of the molecule is Cc1ccc(-c2nnc(-c3ccccc3)o2)cc1.c1ccc(-c2ccccn2)nc1.c1ccc(-c2nnc(-c3ccccc3)o2)cc1.c1ccc(-n2cccn2)nc1.c1ccc(-n2cccn2)nc1.c1ccc(-n2ccnc2-c2ccccn2)cc1. The Morgan fingerprint density at radius 3 is 1.00 bits per heavy atom. The minimum absolute atomic E-state index is 0.546. The number of para-hydroxylation sites is 1. The van der Waals surface area contributed by atoms with Gasteiger partial charge in [0.25, 0.3) is 0 Å². The summed E-state index contributed by atoms with van der Waals surface area (Å²) in [4.78, 5) is 25.3. The van der Waals surface area contributed by atoms with Crippen molar-refractivity contribution >= 4 is 0 Å². The predicted octanol–water partition coefficient (Wildman–Crippen LogP) is 14.7. The van der Waals surface area contributed by atoms with E-state index in [1.165, 1.54) is 5.56 Å². The molecule has 15 rings (SSSR count). The van der Waals surface area contributed by atoms with E-state index in [2.05, 4.69) is 60.5 Å². The van der Waals surface area contributed by atoms with E-state index in [1.807, 2.05) is 279 Å². The Kier molecular flexibility index (Phi) is 20.2. The van der Waals surface area contributed by atoms with Gasteiger partial charge in [-0.05, 0) is 140 Å². The van der Waals surface area contributed by atoms with E-state index in [9.17, 15) is 0 Å². The molecule has 0 amide bonds. The summed E-state index contributed by atoms with van der Waals surface area (Å²) in [5.74, 6) is 4.74. The van der Waals surface area contributed by atoms with Gasteiger partial charge >= 0.3 is 0 Å². The Morgan fingerprint density at radius 2 is 0.640 bits per heavy atom. The Labute approximate surface area is 496 Å². The van der Waals surface area contributed by atoms with Crippen LogP contribution in [-0.2, 0) is 0 Å². The van der Waals surface area contributed by atoms with E-state index in [1.54, 1.807) is 58.9 Å². The minimum Gasteiger partial charge on any atom is -0.416 e. The van der Waals surface area contributed by atoms with Crippen LogP contribution >= 0.6 is 0 Å². The lowest BCUT2D eigenvalue weighted by Gasteiger charge is -2.06. The Morgan fingerprint density at radius 1 is 0.279 bits per heavy atom. The van der Waals surface area contributed by atoms with Crippen LogP contribution in [0.1, 0.15) is 5.56 Å². The molecule has 0 saturated carbocycles. The van der Waals surface area contributed by atoms with Gasteiger partial charge < -0.3 is 8.83 Å². The summed E-state index contributed by atoms with van der Waals surface area (Å²) in [5, 5.41) is 24.3. The third-order valence-corrected chi connectivity index (χ3v) is 12.1. The average Bonchev–Trinajstić information content (AvgIpc) is 4.58. The molecule has 86 heavy (non-hydrogen) atoms. The number of imidazole rings is 1. The highest BCUT2D eigenvalue weighted by Gasteiger charge is 2.12. The maximum Gasteiger partial charge on any atom is 0.248 e. The molecule has 15 aromatic rings. The van der Waals surface area contributed by atoms with E-state index in [4.69, 9.17) is 8.83 Å². The maximum atomic E-state index is 5.67. The van der Waals surface area contributed by atoms with Gasteiger partial charge in [0.15, 0.2) is 17.5 Å². The molecule has 17 nitrogen and oxygen atoms in total. The summed E-state index contributed by atoms with van der Waals surface area (Å²) in [6.45, 7) is 2.05. The number of pyridine rings is 5. The number of aromatic nitrogens is 15. The Hall–Kier alpha value is -12.2. The summed E-state index contributed by atoms with van der Waals surface area (Å²) < 4.78 is 16.8. The molecule has 0 aliphatic carbocycles. The van der Waals surface area contributed by atoms with E-state index < -0.39 is 0 Å². The molecule has 0 bridgehead atoms. The van der Waals surface area contributed by atoms with Crippen LogP contribution in [0.4, 0.5) is 0 Å². The lowest BCUT2D eigenvalue weighted by molar-refractivity contribution is 0.584. The molecule has 0 aliphatic rings. The summed E-state index contributed by atoms with van der Waals surface area (Å²) in [6, 6.07) is 80.0. The van der Waals surface area contributed by atoms with Crippen LogP contribution in [0, 0.1) is 6.92 Å². The van der Waals surface area contributed by atoms with Gasteiger partial charge in [0.1, 0.15) is 5.69 Å². The largest absolute Gasteiger partial charge is 0.416 e. The van der Waals surface area contributed by atoms with Crippen molar-refractivity contribution in [2.45, 2.75) is 6.92 Å². The highest BCUT2D eigenvalue weighted by Crippen LogP contribution is 2.25. The molecule has 418 valence electrons. The molecule has 0 spiro atoms. The number of rotatable bonds is 9. The highest BCUT2D eigenvalue weighted by atomic mass is 16.4. The summed E-state index contributed by atoms with van der Waals surface area (Å²) in [5.41, 5.74) is 8.74. The summed E-state index contributed by atoms with van der Waals surface area (Å²) in [7, 11) is 0. The van der Waals surface area contributed by atoms with Crippen molar-refractivity contribution in [2.24, 2.45) is 0 Å². The van der Waals surface area contributed by atoms with Crippen molar-refractivity contribution in [2.75, 3.05) is 0 Å². The average molecular weight is 1130 g/mol. The Balaban J connectivity index is 0.000000116. The Bertz CT molecular complexity index is 4030. The number of hydrogen-bond donors (Lipinski definition) is 0. The first-order valence-corrected chi connectivity index (χ1v) is 27.2. The van der Waals surface area contributed by atoms with Gasteiger partial charge in [-0.15, -0.1) is 20.4 Å². The number of benzene rings is 5. The zero-order valence-corrected chi connectivity index (χ0v) is 46.5.